The van der Waals surface area contributed by atoms with Gasteiger partial charge in [0.25, 0.3) is 0 Å². The minimum atomic E-state index is -0.132. The molecule has 1 saturated heterocycles. The highest BCUT2D eigenvalue weighted by molar-refractivity contribution is 7.14. The number of carbonyl (C=O) groups is 2. The van der Waals surface area contributed by atoms with Gasteiger partial charge in [0, 0.05) is 25.0 Å². The van der Waals surface area contributed by atoms with Crippen molar-refractivity contribution in [1.82, 2.24) is 20.5 Å². The number of aromatic nitrogens is 1. The number of likely N-dealkylation sites (N-methyl/N-ethyl adjacent to an activating group) is 1. The molecule has 1 atom stereocenters. The molecule has 8 heteroatoms. The number of anilines is 1. The molecule has 1 aliphatic heterocycles. The summed E-state index contributed by atoms with van der Waals surface area (Å²) < 4.78 is 0. The minimum Gasteiger partial charge on any atom is -0.354 e. The van der Waals surface area contributed by atoms with E-state index < -0.39 is 0 Å². The molecule has 3 rings (SSSR count). The van der Waals surface area contributed by atoms with Gasteiger partial charge in [-0.3, -0.25) is 9.69 Å². The van der Waals surface area contributed by atoms with Crippen molar-refractivity contribution in [3.8, 4) is 0 Å². The Morgan fingerprint density at radius 2 is 2.11 bits per heavy atom. The molecule has 1 unspecified atom stereocenters. The molecule has 2 aromatic rings. The Hall–Kier alpha value is -2.45. The van der Waals surface area contributed by atoms with Crippen LogP contribution in [0.5, 0.6) is 0 Å². The Balaban J connectivity index is 1.56. The molecule has 0 bridgehead atoms. The summed E-state index contributed by atoms with van der Waals surface area (Å²) in [6.07, 6.45) is 0.208. The summed E-state index contributed by atoms with van der Waals surface area (Å²) in [5, 5.41) is 8.23. The number of benzene rings is 1. The van der Waals surface area contributed by atoms with Crippen molar-refractivity contribution in [3.63, 3.8) is 0 Å². The first kappa shape index (κ1) is 19.3. The molecule has 1 aromatic heterocycles. The third-order valence-corrected chi connectivity index (χ3v) is 5.46. The molecule has 0 saturated carbocycles. The minimum absolute atomic E-state index is 0.0725. The number of carbonyl (C=O) groups excluding carboxylic acids is 2. The van der Waals surface area contributed by atoms with E-state index in [0.29, 0.717) is 30.5 Å². The van der Waals surface area contributed by atoms with Gasteiger partial charge in [0.15, 0.2) is 5.13 Å². The number of hydrogen-bond donors (Lipinski definition) is 2. The van der Waals surface area contributed by atoms with Crippen LogP contribution in [0.15, 0.2) is 29.6 Å². The van der Waals surface area contributed by atoms with Crippen LogP contribution in [-0.4, -0.2) is 55.6 Å². The van der Waals surface area contributed by atoms with Gasteiger partial charge >= 0.3 is 6.03 Å². The van der Waals surface area contributed by atoms with Crippen molar-refractivity contribution in [1.29, 1.82) is 0 Å². The third kappa shape index (κ3) is 4.84. The first-order valence-corrected chi connectivity index (χ1v) is 9.81. The lowest BCUT2D eigenvalue weighted by atomic mass is 10.0. The number of thiazole rings is 1. The van der Waals surface area contributed by atoms with Gasteiger partial charge in [0.2, 0.25) is 5.91 Å². The quantitative estimate of drug-likeness (QED) is 0.761. The number of urea groups is 1. The topological polar surface area (TPSA) is 77.6 Å². The van der Waals surface area contributed by atoms with E-state index >= 15 is 0 Å². The summed E-state index contributed by atoms with van der Waals surface area (Å²) in [4.78, 5) is 32.2. The molecular weight excluding hydrogens is 362 g/mol. The maximum atomic E-state index is 12.4. The summed E-state index contributed by atoms with van der Waals surface area (Å²) in [5.41, 5.74) is 3.07. The standard InChI is InChI=1S/C19H25N5O2S/c1-13-4-6-14(7-5-13)16(23(2)3)11-21-17(25)10-15-12-27-19(22-15)24-9-8-20-18(24)26/h4-7,12,16H,8-11H2,1-3H3,(H,20,26)(H,21,25). The fraction of sp³-hybridized carbons (Fsp3) is 0.421. The molecule has 1 aliphatic rings. The molecule has 0 aliphatic carbocycles. The van der Waals surface area contributed by atoms with Crippen molar-refractivity contribution in [2.24, 2.45) is 0 Å². The van der Waals surface area contributed by atoms with Crippen molar-refractivity contribution in [3.05, 3.63) is 46.5 Å². The van der Waals surface area contributed by atoms with Crippen LogP contribution in [0.25, 0.3) is 0 Å². The van der Waals surface area contributed by atoms with E-state index in [-0.39, 0.29) is 24.4 Å². The van der Waals surface area contributed by atoms with Gasteiger partial charge in [0.05, 0.1) is 18.2 Å². The average Bonchev–Trinajstić information content (AvgIpc) is 3.25. The first-order valence-electron chi connectivity index (χ1n) is 8.93. The Morgan fingerprint density at radius 3 is 2.74 bits per heavy atom. The van der Waals surface area contributed by atoms with E-state index in [1.165, 1.54) is 22.5 Å². The second-order valence-electron chi connectivity index (χ2n) is 6.88. The van der Waals surface area contributed by atoms with Crippen molar-refractivity contribution in [2.45, 2.75) is 19.4 Å². The van der Waals surface area contributed by atoms with Crippen LogP contribution in [0, 0.1) is 6.92 Å². The average molecular weight is 388 g/mol. The second-order valence-corrected chi connectivity index (χ2v) is 7.71. The molecule has 7 nitrogen and oxygen atoms in total. The molecule has 1 fully saturated rings. The molecule has 0 spiro atoms. The van der Waals surface area contributed by atoms with Gasteiger partial charge in [0.1, 0.15) is 0 Å². The zero-order valence-electron chi connectivity index (χ0n) is 15.9. The molecule has 3 amide bonds. The number of hydrogen-bond acceptors (Lipinski definition) is 5. The maximum Gasteiger partial charge on any atom is 0.323 e. The van der Waals surface area contributed by atoms with E-state index in [1.54, 1.807) is 4.90 Å². The SMILES string of the molecule is Cc1ccc(C(CNC(=O)Cc2csc(N3CCNC3=O)n2)N(C)C)cc1. The summed E-state index contributed by atoms with van der Waals surface area (Å²) in [6.45, 7) is 3.82. The van der Waals surface area contributed by atoms with Crippen LogP contribution in [-0.2, 0) is 11.2 Å². The van der Waals surface area contributed by atoms with E-state index in [1.807, 2.05) is 19.5 Å². The van der Waals surface area contributed by atoms with Gasteiger partial charge in [-0.05, 0) is 26.6 Å². The highest BCUT2D eigenvalue weighted by Crippen LogP contribution is 2.22. The zero-order valence-corrected chi connectivity index (χ0v) is 16.7. The molecule has 0 radical (unpaired) electrons. The number of aryl methyl sites for hydroxylation is 1. The second kappa shape index (κ2) is 8.49. The number of rotatable bonds is 7. The van der Waals surface area contributed by atoms with Crippen molar-refractivity contribution < 1.29 is 9.59 Å². The monoisotopic (exact) mass is 387 g/mol. The predicted octanol–water partition coefficient (Wildman–Crippen LogP) is 1.94. The third-order valence-electron chi connectivity index (χ3n) is 4.55. The van der Waals surface area contributed by atoms with Crippen LogP contribution in [0.4, 0.5) is 9.93 Å². The molecule has 2 N–H and O–H groups in total. The van der Waals surface area contributed by atoms with Crippen molar-refractivity contribution in [2.75, 3.05) is 38.6 Å². The van der Waals surface area contributed by atoms with Crippen LogP contribution >= 0.6 is 11.3 Å². The maximum absolute atomic E-state index is 12.4. The highest BCUT2D eigenvalue weighted by Gasteiger charge is 2.24. The smallest absolute Gasteiger partial charge is 0.323 e. The van der Waals surface area contributed by atoms with Crippen molar-refractivity contribution >= 4 is 28.4 Å². The summed E-state index contributed by atoms with van der Waals surface area (Å²) >= 11 is 1.39. The number of nitrogens with zero attached hydrogens (tertiary/aromatic N) is 3. The van der Waals surface area contributed by atoms with E-state index in [0.717, 1.165) is 0 Å². The normalized spacial score (nSPS) is 15.1. The lowest BCUT2D eigenvalue weighted by Crippen LogP contribution is -2.35. The molecular formula is C19H25N5O2S. The van der Waals surface area contributed by atoms with E-state index in [9.17, 15) is 9.59 Å². The van der Waals surface area contributed by atoms with Crippen LogP contribution in [0.1, 0.15) is 22.9 Å². The first-order chi connectivity index (χ1) is 12.9. The van der Waals surface area contributed by atoms with Gasteiger partial charge in [-0.15, -0.1) is 11.3 Å². The summed E-state index contributed by atoms with van der Waals surface area (Å²) in [6, 6.07) is 8.33. The largest absolute Gasteiger partial charge is 0.354 e. The zero-order chi connectivity index (χ0) is 19.4. The van der Waals surface area contributed by atoms with Crippen LogP contribution in [0.3, 0.4) is 0 Å². The fourth-order valence-electron chi connectivity index (χ4n) is 2.98. The molecule has 27 heavy (non-hydrogen) atoms. The lowest BCUT2D eigenvalue weighted by molar-refractivity contribution is -0.120. The van der Waals surface area contributed by atoms with Crippen LogP contribution < -0.4 is 15.5 Å². The Morgan fingerprint density at radius 1 is 1.37 bits per heavy atom. The van der Waals surface area contributed by atoms with Crippen LogP contribution in [0.2, 0.25) is 0 Å². The Bertz CT molecular complexity index is 803. The summed E-state index contributed by atoms with van der Waals surface area (Å²) in [7, 11) is 4.01. The van der Waals surface area contributed by atoms with Gasteiger partial charge in [-0.25, -0.2) is 9.78 Å². The Kier molecular flexibility index (Phi) is 6.08. The fourth-order valence-corrected chi connectivity index (χ4v) is 3.83. The highest BCUT2D eigenvalue weighted by atomic mass is 32.1. The predicted molar refractivity (Wildman–Crippen MR) is 107 cm³/mol. The number of amides is 3. The number of nitrogens with one attached hydrogen (secondary N) is 2. The lowest BCUT2D eigenvalue weighted by Gasteiger charge is -2.25. The van der Waals surface area contributed by atoms with Gasteiger partial charge < -0.3 is 15.5 Å². The summed E-state index contributed by atoms with van der Waals surface area (Å²) in [5.74, 6) is -0.0725. The van der Waals surface area contributed by atoms with E-state index in [2.05, 4.69) is 51.7 Å². The van der Waals surface area contributed by atoms with Gasteiger partial charge in [-0.1, -0.05) is 29.8 Å². The van der Waals surface area contributed by atoms with E-state index in [4.69, 9.17) is 0 Å². The van der Waals surface area contributed by atoms with Gasteiger partial charge in [-0.2, -0.15) is 0 Å². The Labute approximate surface area is 163 Å². The molecule has 1 aromatic carbocycles. The molecule has 2 heterocycles. The molecule has 144 valence electrons.